The van der Waals surface area contributed by atoms with Gasteiger partial charge in [-0.15, -0.1) is 6.58 Å². The number of allylic oxidation sites excluding steroid dienone is 1. The van der Waals surface area contributed by atoms with Crippen molar-refractivity contribution >= 4 is 0 Å². The van der Waals surface area contributed by atoms with Gasteiger partial charge in [0.05, 0.1) is 7.11 Å². The van der Waals surface area contributed by atoms with Crippen LogP contribution in [-0.4, -0.2) is 12.1 Å². The average molecular weight is 234 g/mol. The Hall–Kier alpha value is -1.35. The molecule has 0 spiro atoms. The Morgan fingerprint density at radius 1 is 1.47 bits per heavy atom. The standard InChI is InChI=1S/C14H22N2O/c1-3-4-5-6-7-10-13(15)12-9-8-11-16-14(12)17-2/h3,8-9,11,13H,1,4-7,10,15H2,2H3. The van der Waals surface area contributed by atoms with Crippen molar-refractivity contribution in [1.82, 2.24) is 4.98 Å². The molecule has 0 aliphatic rings. The molecule has 3 nitrogen and oxygen atoms in total. The predicted octanol–water partition coefficient (Wildman–Crippen LogP) is 3.23. The SMILES string of the molecule is C=CCCCCCC(N)c1cccnc1OC. The Morgan fingerprint density at radius 3 is 3.00 bits per heavy atom. The van der Waals surface area contributed by atoms with Gasteiger partial charge in [0.25, 0.3) is 0 Å². The Kier molecular flexibility index (Phi) is 6.33. The van der Waals surface area contributed by atoms with Gasteiger partial charge >= 0.3 is 0 Å². The van der Waals surface area contributed by atoms with Crippen LogP contribution >= 0.6 is 0 Å². The molecule has 0 saturated carbocycles. The van der Waals surface area contributed by atoms with Crippen LogP contribution in [-0.2, 0) is 0 Å². The van der Waals surface area contributed by atoms with Gasteiger partial charge in [0.15, 0.2) is 0 Å². The van der Waals surface area contributed by atoms with Crippen molar-refractivity contribution in [2.75, 3.05) is 7.11 Å². The number of rotatable bonds is 8. The Labute approximate surface area is 104 Å². The molecule has 94 valence electrons. The van der Waals surface area contributed by atoms with E-state index in [-0.39, 0.29) is 6.04 Å². The molecule has 17 heavy (non-hydrogen) atoms. The fourth-order valence-electron chi connectivity index (χ4n) is 1.84. The maximum atomic E-state index is 6.15. The molecule has 0 bridgehead atoms. The molecule has 1 aromatic rings. The van der Waals surface area contributed by atoms with E-state index >= 15 is 0 Å². The number of nitrogens with two attached hydrogens (primary N) is 1. The van der Waals surface area contributed by atoms with Crippen molar-refractivity contribution < 1.29 is 4.74 Å². The number of pyridine rings is 1. The number of hydrogen-bond donors (Lipinski definition) is 1. The van der Waals surface area contributed by atoms with Crippen LogP contribution < -0.4 is 10.5 Å². The minimum absolute atomic E-state index is 0.0161. The summed E-state index contributed by atoms with van der Waals surface area (Å²) < 4.78 is 5.21. The minimum atomic E-state index is 0.0161. The highest BCUT2D eigenvalue weighted by atomic mass is 16.5. The zero-order valence-electron chi connectivity index (χ0n) is 10.6. The highest BCUT2D eigenvalue weighted by Gasteiger charge is 2.11. The first kappa shape index (κ1) is 13.7. The molecule has 0 fully saturated rings. The highest BCUT2D eigenvalue weighted by molar-refractivity contribution is 5.28. The number of hydrogen-bond acceptors (Lipinski definition) is 3. The van der Waals surface area contributed by atoms with Crippen LogP contribution in [0.4, 0.5) is 0 Å². The molecule has 1 rings (SSSR count). The van der Waals surface area contributed by atoms with E-state index in [0.717, 1.165) is 24.8 Å². The van der Waals surface area contributed by atoms with E-state index in [1.165, 1.54) is 12.8 Å². The lowest BCUT2D eigenvalue weighted by Gasteiger charge is -2.14. The third-order valence-electron chi connectivity index (χ3n) is 2.82. The summed E-state index contributed by atoms with van der Waals surface area (Å²) in [6.07, 6.45) is 9.27. The monoisotopic (exact) mass is 234 g/mol. The van der Waals surface area contributed by atoms with Crippen molar-refractivity contribution in [3.05, 3.63) is 36.5 Å². The lowest BCUT2D eigenvalue weighted by molar-refractivity contribution is 0.386. The van der Waals surface area contributed by atoms with Gasteiger partial charge in [-0.2, -0.15) is 0 Å². The van der Waals surface area contributed by atoms with Crippen LogP contribution in [0.1, 0.15) is 43.7 Å². The Balaban J connectivity index is 2.40. The third kappa shape index (κ3) is 4.57. The van der Waals surface area contributed by atoms with E-state index < -0.39 is 0 Å². The smallest absolute Gasteiger partial charge is 0.217 e. The summed E-state index contributed by atoms with van der Waals surface area (Å²) >= 11 is 0. The summed E-state index contributed by atoms with van der Waals surface area (Å²) in [5.41, 5.74) is 7.14. The first-order valence-electron chi connectivity index (χ1n) is 6.15. The minimum Gasteiger partial charge on any atom is -0.481 e. The molecule has 0 aliphatic heterocycles. The fourth-order valence-corrected chi connectivity index (χ4v) is 1.84. The zero-order valence-corrected chi connectivity index (χ0v) is 10.6. The van der Waals surface area contributed by atoms with Crippen LogP contribution in [0, 0.1) is 0 Å². The molecule has 0 aliphatic carbocycles. The van der Waals surface area contributed by atoms with Crippen LogP contribution in [0.5, 0.6) is 5.88 Å². The molecule has 0 radical (unpaired) electrons. The second-order valence-electron chi connectivity index (χ2n) is 4.14. The summed E-state index contributed by atoms with van der Waals surface area (Å²) in [5, 5.41) is 0. The molecule has 1 heterocycles. The van der Waals surface area contributed by atoms with Crippen LogP contribution in [0.15, 0.2) is 31.0 Å². The maximum Gasteiger partial charge on any atom is 0.217 e. The molecule has 0 amide bonds. The second kappa shape index (κ2) is 7.85. The maximum absolute atomic E-state index is 6.15. The van der Waals surface area contributed by atoms with Gasteiger partial charge < -0.3 is 10.5 Å². The molecule has 1 atom stereocenters. The summed E-state index contributed by atoms with van der Waals surface area (Å²) in [7, 11) is 1.63. The summed E-state index contributed by atoms with van der Waals surface area (Å²) in [6, 6.07) is 3.90. The van der Waals surface area contributed by atoms with E-state index in [1.807, 2.05) is 18.2 Å². The van der Waals surface area contributed by atoms with Gasteiger partial charge in [0.1, 0.15) is 0 Å². The van der Waals surface area contributed by atoms with Crippen molar-refractivity contribution in [3.8, 4) is 5.88 Å². The van der Waals surface area contributed by atoms with Gasteiger partial charge in [-0.3, -0.25) is 0 Å². The normalized spacial score (nSPS) is 12.1. The number of aromatic nitrogens is 1. The van der Waals surface area contributed by atoms with Crippen LogP contribution in [0.3, 0.4) is 0 Å². The van der Waals surface area contributed by atoms with Gasteiger partial charge in [-0.05, 0) is 25.3 Å². The quantitative estimate of drug-likeness (QED) is 0.555. The molecule has 1 unspecified atom stereocenters. The molecule has 3 heteroatoms. The number of unbranched alkanes of at least 4 members (excludes halogenated alkanes) is 3. The number of ether oxygens (including phenoxy) is 1. The Morgan fingerprint density at radius 2 is 2.29 bits per heavy atom. The van der Waals surface area contributed by atoms with E-state index in [4.69, 9.17) is 10.5 Å². The van der Waals surface area contributed by atoms with Crippen molar-refractivity contribution in [2.45, 2.75) is 38.1 Å². The van der Waals surface area contributed by atoms with Gasteiger partial charge in [0.2, 0.25) is 5.88 Å². The molecule has 0 aromatic carbocycles. The van der Waals surface area contributed by atoms with Gasteiger partial charge in [-0.1, -0.05) is 25.0 Å². The lowest BCUT2D eigenvalue weighted by atomic mass is 10.0. The molecule has 1 aromatic heterocycles. The van der Waals surface area contributed by atoms with Crippen LogP contribution in [0.2, 0.25) is 0 Å². The Bertz CT molecular complexity index is 339. The van der Waals surface area contributed by atoms with Crippen molar-refractivity contribution in [1.29, 1.82) is 0 Å². The van der Waals surface area contributed by atoms with E-state index in [0.29, 0.717) is 5.88 Å². The van der Waals surface area contributed by atoms with Gasteiger partial charge in [-0.25, -0.2) is 4.98 Å². The predicted molar refractivity (Wildman–Crippen MR) is 71.0 cm³/mol. The second-order valence-corrected chi connectivity index (χ2v) is 4.14. The first-order valence-corrected chi connectivity index (χ1v) is 6.15. The number of nitrogens with zero attached hydrogens (tertiary/aromatic N) is 1. The van der Waals surface area contributed by atoms with Gasteiger partial charge in [0, 0.05) is 17.8 Å². The first-order chi connectivity index (χ1) is 8.29. The largest absolute Gasteiger partial charge is 0.481 e. The van der Waals surface area contributed by atoms with Crippen molar-refractivity contribution in [3.63, 3.8) is 0 Å². The molecular weight excluding hydrogens is 212 g/mol. The third-order valence-corrected chi connectivity index (χ3v) is 2.82. The lowest BCUT2D eigenvalue weighted by Crippen LogP contribution is -2.12. The van der Waals surface area contributed by atoms with Crippen LogP contribution in [0.25, 0.3) is 0 Å². The summed E-state index contributed by atoms with van der Waals surface area (Å²) in [5.74, 6) is 0.645. The average Bonchev–Trinajstić information content (AvgIpc) is 2.38. The van der Waals surface area contributed by atoms with E-state index in [2.05, 4.69) is 11.6 Å². The fraction of sp³-hybridized carbons (Fsp3) is 0.500. The van der Waals surface area contributed by atoms with E-state index in [1.54, 1.807) is 13.3 Å². The summed E-state index contributed by atoms with van der Waals surface area (Å²) in [4.78, 5) is 4.16. The molecule has 2 N–H and O–H groups in total. The number of methoxy groups -OCH3 is 1. The highest BCUT2D eigenvalue weighted by Crippen LogP contribution is 2.24. The molecular formula is C14H22N2O. The topological polar surface area (TPSA) is 48.1 Å². The van der Waals surface area contributed by atoms with Crippen molar-refractivity contribution in [2.24, 2.45) is 5.73 Å². The molecule has 0 saturated heterocycles. The van der Waals surface area contributed by atoms with E-state index in [9.17, 15) is 0 Å². The summed E-state index contributed by atoms with van der Waals surface area (Å²) in [6.45, 7) is 3.71. The zero-order chi connectivity index (χ0) is 12.5.